The monoisotopic (exact) mass is 364 g/mol. The summed E-state index contributed by atoms with van der Waals surface area (Å²) < 4.78 is 0.916. The molecule has 1 N–H and O–H groups in total. The molecule has 1 aromatic carbocycles. The first kappa shape index (κ1) is 15.2. The number of halogens is 1. The number of fused-ring (bicyclic) bond motifs is 1. The van der Waals surface area contributed by atoms with Gasteiger partial charge in [-0.2, -0.15) is 0 Å². The van der Waals surface area contributed by atoms with Gasteiger partial charge in [0.05, 0.1) is 11.8 Å². The van der Waals surface area contributed by atoms with E-state index in [4.69, 9.17) is 0 Å². The third-order valence-electron chi connectivity index (χ3n) is 4.36. The molecule has 0 unspecified atom stereocenters. The number of hydrogen-bond donors (Lipinski definition) is 1. The first-order chi connectivity index (χ1) is 10.6. The molecule has 1 aliphatic carbocycles. The molecule has 1 aliphatic heterocycles. The highest BCUT2D eigenvalue weighted by Gasteiger charge is 2.48. The van der Waals surface area contributed by atoms with Crippen molar-refractivity contribution in [3.63, 3.8) is 0 Å². The smallest absolute Gasteiger partial charge is 0.244 e. The lowest BCUT2D eigenvalue weighted by Gasteiger charge is -2.19. The molecule has 5 nitrogen and oxygen atoms in total. The summed E-state index contributed by atoms with van der Waals surface area (Å²) in [5.74, 6) is -1.12. The van der Waals surface area contributed by atoms with Crippen molar-refractivity contribution in [2.45, 2.75) is 25.7 Å². The number of nitrogens with zero attached hydrogens (tertiary/aromatic N) is 1. The van der Waals surface area contributed by atoms with Crippen LogP contribution in [0.25, 0.3) is 0 Å². The van der Waals surface area contributed by atoms with Crippen LogP contribution >= 0.6 is 15.9 Å². The van der Waals surface area contributed by atoms with E-state index in [9.17, 15) is 14.4 Å². The standard InChI is InChI=1S/C16H17BrN2O3/c17-10-5-7-11(8-6-10)18-14(20)9-19-15(21)12-3-1-2-4-13(12)16(19)22/h5-8,12-13H,1-4,9H2,(H,18,20)/t12-,13+. The molecule has 0 radical (unpaired) electrons. The van der Waals surface area contributed by atoms with Gasteiger partial charge in [-0.1, -0.05) is 28.8 Å². The zero-order valence-corrected chi connectivity index (χ0v) is 13.6. The predicted molar refractivity (Wildman–Crippen MR) is 84.9 cm³/mol. The quantitative estimate of drug-likeness (QED) is 0.838. The molecule has 116 valence electrons. The Bertz CT molecular complexity index is 590. The van der Waals surface area contributed by atoms with Crippen LogP contribution < -0.4 is 5.32 Å². The number of amides is 3. The molecule has 0 spiro atoms. The van der Waals surface area contributed by atoms with Crippen LogP contribution in [0.2, 0.25) is 0 Å². The minimum absolute atomic E-state index is 0.180. The largest absolute Gasteiger partial charge is 0.325 e. The van der Waals surface area contributed by atoms with Crippen LogP contribution in [0.15, 0.2) is 28.7 Å². The fourth-order valence-electron chi connectivity index (χ4n) is 3.26. The van der Waals surface area contributed by atoms with Crippen molar-refractivity contribution in [2.75, 3.05) is 11.9 Å². The Labute approximate surface area is 137 Å². The summed E-state index contributed by atoms with van der Waals surface area (Å²) in [6.45, 7) is -0.194. The predicted octanol–water partition coefficient (Wildman–Crippen LogP) is 2.56. The van der Waals surface area contributed by atoms with E-state index in [1.807, 2.05) is 12.1 Å². The Morgan fingerprint density at radius 1 is 1.09 bits per heavy atom. The minimum atomic E-state index is -0.345. The van der Waals surface area contributed by atoms with E-state index in [-0.39, 0.29) is 36.1 Å². The normalized spacial score (nSPS) is 24.3. The highest BCUT2D eigenvalue weighted by atomic mass is 79.9. The maximum Gasteiger partial charge on any atom is 0.244 e. The van der Waals surface area contributed by atoms with Gasteiger partial charge >= 0.3 is 0 Å². The number of carbonyl (C=O) groups excluding carboxylic acids is 3. The molecule has 1 heterocycles. The van der Waals surface area contributed by atoms with Gasteiger partial charge in [-0.25, -0.2) is 0 Å². The number of nitrogens with one attached hydrogen (secondary N) is 1. The third-order valence-corrected chi connectivity index (χ3v) is 4.89. The third kappa shape index (κ3) is 2.92. The minimum Gasteiger partial charge on any atom is -0.325 e. The van der Waals surface area contributed by atoms with Crippen LogP contribution in [-0.4, -0.2) is 29.2 Å². The van der Waals surface area contributed by atoms with Crippen LogP contribution in [0, 0.1) is 11.8 Å². The second-order valence-corrected chi connectivity index (χ2v) is 6.73. The van der Waals surface area contributed by atoms with E-state index >= 15 is 0 Å². The summed E-state index contributed by atoms with van der Waals surface area (Å²) in [5, 5.41) is 2.71. The molecule has 3 rings (SSSR count). The highest BCUT2D eigenvalue weighted by molar-refractivity contribution is 9.10. The van der Waals surface area contributed by atoms with Gasteiger partial charge in [0, 0.05) is 10.2 Å². The van der Waals surface area contributed by atoms with Crippen molar-refractivity contribution >= 4 is 39.3 Å². The van der Waals surface area contributed by atoms with Crippen molar-refractivity contribution < 1.29 is 14.4 Å². The van der Waals surface area contributed by atoms with Gasteiger partial charge in [-0.05, 0) is 37.1 Å². The van der Waals surface area contributed by atoms with Gasteiger partial charge in [-0.15, -0.1) is 0 Å². The lowest BCUT2D eigenvalue weighted by Crippen LogP contribution is -2.38. The van der Waals surface area contributed by atoms with Crippen LogP contribution in [0.4, 0.5) is 5.69 Å². The Morgan fingerprint density at radius 3 is 2.18 bits per heavy atom. The number of hydrogen-bond acceptors (Lipinski definition) is 3. The summed E-state index contributed by atoms with van der Waals surface area (Å²) in [4.78, 5) is 37.8. The topological polar surface area (TPSA) is 66.5 Å². The molecule has 6 heteroatoms. The first-order valence-corrected chi connectivity index (χ1v) is 8.26. The van der Waals surface area contributed by atoms with Crippen LogP contribution in [-0.2, 0) is 14.4 Å². The first-order valence-electron chi connectivity index (χ1n) is 7.47. The van der Waals surface area contributed by atoms with Crippen LogP contribution in [0.3, 0.4) is 0 Å². The molecule has 1 aromatic rings. The number of carbonyl (C=O) groups is 3. The molecule has 2 atom stereocenters. The summed E-state index contributed by atoms with van der Waals surface area (Å²) >= 11 is 3.32. The van der Waals surface area contributed by atoms with Gasteiger partial charge in [0.1, 0.15) is 6.54 Å². The fourth-order valence-corrected chi connectivity index (χ4v) is 3.53. The Kier molecular flexibility index (Phi) is 4.29. The maximum atomic E-state index is 12.3. The number of imide groups is 1. The van der Waals surface area contributed by atoms with E-state index in [2.05, 4.69) is 21.2 Å². The van der Waals surface area contributed by atoms with E-state index in [1.165, 1.54) is 0 Å². The number of anilines is 1. The van der Waals surface area contributed by atoms with Crippen LogP contribution in [0.5, 0.6) is 0 Å². The van der Waals surface area contributed by atoms with E-state index in [1.54, 1.807) is 12.1 Å². The molecule has 3 amide bonds. The van der Waals surface area contributed by atoms with Gasteiger partial charge in [-0.3, -0.25) is 19.3 Å². The molecule has 22 heavy (non-hydrogen) atoms. The van der Waals surface area contributed by atoms with Crippen molar-refractivity contribution in [1.29, 1.82) is 0 Å². The van der Waals surface area contributed by atoms with Crippen molar-refractivity contribution in [3.8, 4) is 0 Å². The molecule has 2 aliphatic rings. The highest BCUT2D eigenvalue weighted by Crippen LogP contribution is 2.37. The molecule has 1 saturated heterocycles. The van der Waals surface area contributed by atoms with E-state index in [0.717, 1.165) is 35.1 Å². The van der Waals surface area contributed by atoms with Crippen molar-refractivity contribution in [3.05, 3.63) is 28.7 Å². The van der Waals surface area contributed by atoms with E-state index < -0.39 is 0 Å². The van der Waals surface area contributed by atoms with Gasteiger partial charge in [0.2, 0.25) is 17.7 Å². The lowest BCUT2D eigenvalue weighted by molar-refractivity contribution is -0.142. The summed E-state index contributed by atoms with van der Waals surface area (Å²) in [7, 11) is 0. The van der Waals surface area contributed by atoms with Gasteiger partial charge < -0.3 is 5.32 Å². The average molecular weight is 365 g/mol. The number of likely N-dealkylation sites (tertiary alicyclic amines) is 1. The van der Waals surface area contributed by atoms with E-state index in [0.29, 0.717) is 5.69 Å². The molecule has 1 saturated carbocycles. The summed E-state index contributed by atoms with van der Waals surface area (Å²) in [6.07, 6.45) is 3.50. The summed E-state index contributed by atoms with van der Waals surface area (Å²) in [6, 6.07) is 7.15. The number of benzene rings is 1. The Hall–Kier alpha value is -1.69. The molecule has 0 bridgehead atoms. The van der Waals surface area contributed by atoms with Gasteiger partial charge in [0.25, 0.3) is 0 Å². The molecular weight excluding hydrogens is 348 g/mol. The molecular formula is C16H17BrN2O3. The fraction of sp³-hybridized carbons (Fsp3) is 0.438. The second-order valence-electron chi connectivity index (χ2n) is 5.82. The zero-order chi connectivity index (χ0) is 15.7. The second kappa shape index (κ2) is 6.20. The zero-order valence-electron chi connectivity index (χ0n) is 12.0. The molecule has 2 fully saturated rings. The van der Waals surface area contributed by atoms with Gasteiger partial charge in [0.15, 0.2) is 0 Å². The molecule has 0 aromatic heterocycles. The average Bonchev–Trinajstić information content (AvgIpc) is 2.75. The lowest BCUT2D eigenvalue weighted by atomic mass is 9.81. The Morgan fingerprint density at radius 2 is 1.64 bits per heavy atom. The number of rotatable bonds is 3. The van der Waals surface area contributed by atoms with Crippen molar-refractivity contribution in [2.24, 2.45) is 11.8 Å². The maximum absolute atomic E-state index is 12.3. The summed E-state index contributed by atoms with van der Waals surface area (Å²) in [5.41, 5.74) is 0.643. The SMILES string of the molecule is O=C(CN1C(=O)[C@H]2CCCC[C@H]2C1=O)Nc1ccc(Br)cc1. The Balaban J connectivity index is 1.64. The van der Waals surface area contributed by atoms with Crippen LogP contribution in [0.1, 0.15) is 25.7 Å². The van der Waals surface area contributed by atoms with Crippen molar-refractivity contribution in [1.82, 2.24) is 4.90 Å².